The highest BCUT2D eigenvalue weighted by Gasteiger charge is 2.20. The van der Waals surface area contributed by atoms with E-state index in [-0.39, 0.29) is 5.97 Å². The summed E-state index contributed by atoms with van der Waals surface area (Å²) < 4.78 is 7.61. The van der Waals surface area contributed by atoms with Crippen LogP contribution in [0.25, 0.3) is 11.3 Å². The molecule has 2 rings (SSSR count). The summed E-state index contributed by atoms with van der Waals surface area (Å²) in [4.78, 5) is 11.9. The maximum absolute atomic E-state index is 11.9. The van der Waals surface area contributed by atoms with Gasteiger partial charge >= 0.3 is 5.97 Å². The van der Waals surface area contributed by atoms with Crippen molar-refractivity contribution >= 4 is 21.9 Å². The number of esters is 1. The Hall–Kier alpha value is -1.62. The average molecular weight is 323 g/mol. The summed E-state index contributed by atoms with van der Waals surface area (Å²) in [7, 11) is 1.75. The van der Waals surface area contributed by atoms with Crippen LogP contribution in [0.1, 0.15) is 23.0 Å². The monoisotopic (exact) mass is 322 g/mol. The third kappa shape index (κ3) is 2.71. The van der Waals surface area contributed by atoms with E-state index in [1.807, 2.05) is 31.2 Å². The molecule has 0 aliphatic carbocycles. The van der Waals surface area contributed by atoms with Gasteiger partial charge in [-0.05, 0) is 26.0 Å². The van der Waals surface area contributed by atoms with Crippen molar-refractivity contribution in [3.05, 3.63) is 40.0 Å². The van der Waals surface area contributed by atoms with Gasteiger partial charge in [-0.3, -0.25) is 4.68 Å². The molecule has 2 aromatic rings. The van der Waals surface area contributed by atoms with Gasteiger partial charge in [0.05, 0.1) is 12.3 Å². The summed E-state index contributed by atoms with van der Waals surface area (Å²) in [6, 6.07) is 7.84. The van der Waals surface area contributed by atoms with Crippen LogP contribution in [0.15, 0.2) is 28.7 Å². The number of aryl methyl sites for hydroxylation is 1. The molecule has 1 heterocycles. The summed E-state index contributed by atoms with van der Waals surface area (Å²) in [5, 5.41) is 4.42. The average Bonchev–Trinajstić information content (AvgIpc) is 2.65. The molecule has 19 heavy (non-hydrogen) atoms. The van der Waals surface area contributed by atoms with Crippen molar-refractivity contribution in [2.75, 3.05) is 6.61 Å². The standard InChI is InChI=1S/C14H15BrN2O2/c1-4-19-14(18)13-9(2)12(16-17(13)3)10-6-5-7-11(15)8-10/h5-8H,4H2,1-3H3. The first-order valence-corrected chi connectivity index (χ1v) is 6.80. The van der Waals surface area contributed by atoms with Crippen LogP contribution in [-0.2, 0) is 11.8 Å². The minimum Gasteiger partial charge on any atom is -0.461 e. The van der Waals surface area contributed by atoms with E-state index in [1.165, 1.54) is 0 Å². The van der Waals surface area contributed by atoms with E-state index >= 15 is 0 Å². The lowest BCUT2D eigenvalue weighted by atomic mass is 10.1. The molecule has 0 radical (unpaired) electrons. The number of ether oxygens (including phenoxy) is 1. The van der Waals surface area contributed by atoms with Crippen LogP contribution in [0.4, 0.5) is 0 Å². The third-order valence-corrected chi connectivity index (χ3v) is 3.34. The van der Waals surface area contributed by atoms with Gasteiger partial charge in [-0.25, -0.2) is 4.79 Å². The van der Waals surface area contributed by atoms with Gasteiger partial charge in [0, 0.05) is 22.6 Å². The molecular formula is C14H15BrN2O2. The predicted octanol–water partition coefficient (Wildman–Crippen LogP) is 3.33. The molecule has 0 atom stereocenters. The first-order chi connectivity index (χ1) is 9.04. The first kappa shape index (κ1) is 13.8. The van der Waals surface area contributed by atoms with Crippen LogP contribution in [-0.4, -0.2) is 22.4 Å². The van der Waals surface area contributed by atoms with Crippen molar-refractivity contribution in [2.24, 2.45) is 7.05 Å². The van der Waals surface area contributed by atoms with E-state index in [4.69, 9.17) is 4.74 Å². The molecule has 0 saturated carbocycles. The quantitative estimate of drug-likeness (QED) is 0.814. The number of aromatic nitrogens is 2. The molecule has 0 bridgehead atoms. The fourth-order valence-corrected chi connectivity index (χ4v) is 2.42. The van der Waals surface area contributed by atoms with E-state index in [9.17, 15) is 4.79 Å². The van der Waals surface area contributed by atoms with Crippen LogP contribution < -0.4 is 0 Å². The van der Waals surface area contributed by atoms with Gasteiger partial charge in [0.2, 0.25) is 0 Å². The highest BCUT2D eigenvalue weighted by Crippen LogP contribution is 2.27. The van der Waals surface area contributed by atoms with Crippen LogP contribution in [0.2, 0.25) is 0 Å². The van der Waals surface area contributed by atoms with Crippen LogP contribution in [0.3, 0.4) is 0 Å². The van der Waals surface area contributed by atoms with Crippen LogP contribution >= 0.6 is 15.9 Å². The highest BCUT2D eigenvalue weighted by molar-refractivity contribution is 9.10. The second-order valence-electron chi connectivity index (χ2n) is 4.18. The normalized spacial score (nSPS) is 10.5. The number of hydrogen-bond donors (Lipinski definition) is 0. The number of nitrogens with zero attached hydrogens (tertiary/aromatic N) is 2. The zero-order chi connectivity index (χ0) is 14.0. The van der Waals surface area contributed by atoms with E-state index in [0.717, 1.165) is 21.3 Å². The minimum absolute atomic E-state index is 0.337. The Morgan fingerprint density at radius 2 is 2.21 bits per heavy atom. The Labute approximate surface area is 120 Å². The number of carbonyl (C=O) groups is 1. The molecule has 0 unspecified atom stereocenters. The largest absolute Gasteiger partial charge is 0.461 e. The molecule has 1 aromatic heterocycles. The fourth-order valence-electron chi connectivity index (χ4n) is 2.02. The van der Waals surface area contributed by atoms with E-state index < -0.39 is 0 Å². The molecule has 0 aliphatic rings. The molecule has 0 amide bonds. The lowest BCUT2D eigenvalue weighted by molar-refractivity contribution is 0.0513. The molecule has 0 N–H and O–H groups in total. The summed E-state index contributed by atoms with van der Waals surface area (Å²) in [6.45, 7) is 4.03. The zero-order valence-electron chi connectivity index (χ0n) is 11.1. The van der Waals surface area contributed by atoms with Gasteiger partial charge in [-0.2, -0.15) is 5.10 Å². The lowest BCUT2D eigenvalue weighted by Gasteiger charge is -2.03. The van der Waals surface area contributed by atoms with Crippen LogP contribution in [0, 0.1) is 6.92 Å². The van der Waals surface area contributed by atoms with Crippen molar-refractivity contribution in [3.63, 3.8) is 0 Å². The Morgan fingerprint density at radius 3 is 2.84 bits per heavy atom. The third-order valence-electron chi connectivity index (χ3n) is 2.85. The van der Waals surface area contributed by atoms with Crippen molar-refractivity contribution in [3.8, 4) is 11.3 Å². The molecule has 5 heteroatoms. The smallest absolute Gasteiger partial charge is 0.356 e. The number of rotatable bonds is 3. The Bertz CT molecular complexity index is 620. The van der Waals surface area contributed by atoms with Crippen molar-refractivity contribution in [1.82, 2.24) is 9.78 Å². The molecule has 0 saturated heterocycles. The van der Waals surface area contributed by atoms with Crippen molar-refractivity contribution < 1.29 is 9.53 Å². The number of halogens is 1. The highest BCUT2D eigenvalue weighted by atomic mass is 79.9. The maximum Gasteiger partial charge on any atom is 0.356 e. The Kier molecular flexibility index (Phi) is 4.04. The van der Waals surface area contributed by atoms with E-state index in [1.54, 1.807) is 18.7 Å². The van der Waals surface area contributed by atoms with Gasteiger partial charge in [0.15, 0.2) is 0 Å². The summed E-state index contributed by atoms with van der Waals surface area (Å²) >= 11 is 3.44. The Balaban J connectivity index is 2.50. The van der Waals surface area contributed by atoms with Gasteiger partial charge in [-0.1, -0.05) is 28.1 Å². The Morgan fingerprint density at radius 1 is 1.47 bits per heavy atom. The summed E-state index contributed by atoms with van der Waals surface area (Å²) in [6.07, 6.45) is 0. The topological polar surface area (TPSA) is 44.1 Å². The van der Waals surface area contributed by atoms with E-state index in [0.29, 0.717) is 12.3 Å². The first-order valence-electron chi connectivity index (χ1n) is 6.01. The molecule has 0 aliphatic heterocycles. The van der Waals surface area contributed by atoms with Crippen molar-refractivity contribution in [1.29, 1.82) is 0 Å². The molecular weight excluding hydrogens is 308 g/mol. The maximum atomic E-state index is 11.9. The molecule has 4 nitrogen and oxygen atoms in total. The van der Waals surface area contributed by atoms with Gasteiger partial charge in [0.1, 0.15) is 5.69 Å². The van der Waals surface area contributed by atoms with E-state index in [2.05, 4.69) is 21.0 Å². The minimum atomic E-state index is -0.337. The molecule has 1 aromatic carbocycles. The van der Waals surface area contributed by atoms with Gasteiger partial charge in [0.25, 0.3) is 0 Å². The zero-order valence-corrected chi connectivity index (χ0v) is 12.7. The number of benzene rings is 1. The van der Waals surface area contributed by atoms with Crippen LogP contribution in [0.5, 0.6) is 0 Å². The predicted molar refractivity (Wildman–Crippen MR) is 77.0 cm³/mol. The summed E-state index contributed by atoms with van der Waals surface area (Å²) in [5.74, 6) is -0.337. The van der Waals surface area contributed by atoms with Gasteiger partial charge in [-0.15, -0.1) is 0 Å². The number of hydrogen-bond acceptors (Lipinski definition) is 3. The number of carbonyl (C=O) groups excluding carboxylic acids is 1. The SMILES string of the molecule is CCOC(=O)c1c(C)c(-c2cccc(Br)c2)nn1C. The second-order valence-corrected chi connectivity index (χ2v) is 5.09. The fraction of sp³-hybridized carbons (Fsp3) is 0.286. The van der Waals surface area contributed by atoms with Gasteiger partial charge < -0.3 is 4.74 Å². The molecule has 0 spiro atoms. The molecule has 100 valence electrons. The lowest BCUT2D eigenvalue weighted by Crippen LogP contribution is -2.11. The molecule has 0 fully saturated rings. The second kappa shape index (κ2) is 5.57. The van der Waals surface area contributed by atoms with Crippen molar-refractivity contribution in [2.45, 2.75) is 13.8 Å². The summed E-state index contributed by atoms with van der Waals surface area (Å²) in [5.41, 5.74) is 3.10.